The summed E-state index contributed by atoms with van der Waals surface area (Å²) < 4.78 is 41.1. The van der Waals surface area contributed by atoms with Crippen LogP contribution in [0.3, 0.4) is 0 Å². The molecule has 0 amide bonds. The Kier molecular flexibility index (Phi) is 3.25. The average molecular weight is 321 g/mol. The summed E-state index contributed by atoms with van der Waals surface area (Å²) in [5.41, 5.74) is 1.20. The predicted octanol–water partition coefficient (Wildman–Crippen LogP) is 1.81. The molecule has 0 aliphatic heterocycles. The van der Waals surface area contributed by atoms with Crippen molar-refractivity contribution in [2.24, 2.45) is 7.05 Å². The highest BCUT2D eigenvalue weighted by Gasteiger charge is 2.15. The molecule has 0 saturated carbocycles. The minimum Gasteiger partial charge on any atom is -0.305 e. The van der Waals surface area contributed by atoms with Gasteiger partial charge in [-0.05, 0) is 42.5 Å². The second-order valence-corrected chi connectivity index (χ2v) is 6.46. The zero-order valence-electron chi connectivity index (χ0n) is 11.5. The number of aromatic amines is 1. The number of sulfonamides is 1. The first-order valence-electron chi connectivity index (χ1n) is 6.34. The van der Waals surface area contributed by atoms with Gasteiger partial charge in [0.15, 0.2) is 0 Å². The molecule has 114 valence electrons. The second-order valence-electron chi connectivity index (χ2n) is 4.78. The lowest BCUT2D eigenvalue weighted by molar-refractivity contribution is 0.599. The Morgan fingerprint density at radius 2 is 1.82 bits per heavy atom. The summed E-state index contributed by atoms with van der Waals surface area (Å²) in [6.07, 6.45) is 0. The Bertz CT molecular complexity index is 1000. The van der Waals surface area contributed by atoms with Crippen LogP contribution >= 0.6 is 0 Å². The number of hydrogen-bond acceptors (Lipinski definition) is 3. The van der Waals surface area contributed by atoms with E-state index < -0.39 is 15.8 Å². The first kappa shape index (κ1) is 14.3. The van der Waals surface area contributed by atoms with Crippen molar-refractivity contribution in [1.82, 2.24) is 9.55 Å². The topological polar surface area (TPSA) is 84.0 Å². The number of nitrogens with zero attached hydrogens (tertiary/aromatic N) is 1. The Balaban J connectivity index is 1.98. The molecule has 2 N–H and O–H groups in total. The predicted molar refractivity (Wildman–Crippen MR) is 80.7 cm³/mol. The lowest BCUT2D eigenvalue weighted by Gasteiger charge is -2.08. The van der Waals surface area contributed by atoms with Gasteiger partial charge in [-0.2, -0.15) is 0 Å². The van der Waals surface area contributed by atoms with Crippen LogP contribution in [-0.4, -0.2) is 18.0 Å². The fraction of sp³-hybridized carbons (Fsp3) is 0.0714. The van der Waals surface area contributed by atoms with Gasteiger partial charge in [0.25, 0.3) is 10.0 Å². The van der Waals surface area contributed by atoms with Crippen LogP contribution < -0.4 is 10.4 Å². The number of nitrogens with one attached hydrogen (secondary N) is 2. The average Bonchev–Trinajstić information content (AvgIpc) is 2.73. The van der Waals surface area contributed by atoms with Crippen LogP contribution in [0, 0.1) is 5.82 Å². The number of aryl methyl sites for hydroxylation is 1. The maximum atomic E-state index is 12.9. The minimum atomic E-state index is -3.82. The van der Waals surface area contributed by atoms with Crippen LogP contribution in [0.4, 0.5) is 10.1 Å². The summed E-state index contributed by atoms with van der Waals surface area (Å²) in [6, 6.07) is 9.23. The Hall–Kier alpha value is -2.61. The molecule has 0 atom stereocenters. The second kappa shape index (κ2) is 4.99. The van der Waals surface area contributed by atoms with E-state index in [1.54, 1.807) is 19.2 Å². The van der Waals surface area contributed by atoms with E-state index in [1.165, 1.54) is 22.8 Å². The smallest absolute Gasteiger partial charge is 0.305 e. The Labute approximate surface area is 125 Å². The van der Waals surface area contributed by atoms with Crippen LogP contribution in [0.15, 0.2) is 52.2 Å². The number of H-pyrrole nitrogens is 1. The van der Waals surface area contributed by atoms with Crippen molar-refractivity contribution >= 4 is 26.7 Å². The van der Waals surface area contributed by atoms with Gasteiger partial charge >= 0.3 is 5.69 Å². The normalized spacial score (nSPS) is 11.7. The van der Waals surface area contributed by atoms with E-state index >= 15 is 0 Å². The van der Waals surface area contributed by atoms with Crippen molar-refractivity contribution < 1.29 is 12.8 Å². The SMILES string of the molecule is Cn1c(=O)[nH]c2cc(NS(=O)(=O)c3ccc(F)cc3)ccc21. The van der Waals surface area contributed by atoms with Crippen LogP contribution in [0.2, 0.25) is 0 Å². The first-order valence-corrected chi connectivity index (χ1v) is 7.82. The van der Waals surface area contributed by atoms with Crippen LogP contribution in [0.25, 0.3) is 11.0 Å². The van der Waals surface area contributed by atoms with Gasteiger partial charge in [0.2, 0.25) is 0 Å². The van der Waals surface area contributed by atoms with Gasteiger partial charge in [-0.25, -0.2) is 17.6 Å². The molecule has 1 heterocycles. The van der Waals surface area contributed by atoms with Gasteiger partial charge in [0.05, 0.1) is 21.6 Å². The number of rotatable bonds is 3. The number of anilines is 1. The lowest BCUT2D eigenvalue weighted by Crippen LogP contribution is -2.12. The highest BCUT2D eigenvalue weighted by molar-refractivity contribution is 7.92. The molecule has 0 fully saturated rings. The number of halogens is 1. The summed E-state index contributed by atoms with van der Waals surface area (Å²) >= 11 is 0. The molecule has 0 aliphatic carbocycles. The monoisotopic (exact) mass is 321 g/mol. The van der Waals surface area contributed by atoms with Crippen molar-refractivity contribution in [2.75, 3.05) is 4.72 Å². The molecule has 0 aliphatic rings. The zero-order valence-corrected chi connectivity index (χ0v) is 12.3. The van der Waals surface area contributed by atoms with Crippen LogP contribution in [-0.2, 0) is 17.1 Å². The van der Waals surface area contributed by atoms with E-state index in [2.05, 4.69) is 9.71 Å². The summed E-state index contributed by atoms with van der Waals surface area (Å²) in [5, 5.41) is 0. The molecule has 6 nitrogen and oxygen atoms in total. The highest BCUT2D eigenvalue weighted by Crippen LogP contribution is 2.20. The summed E-state index contributed by atoms with van der Waals surface area (Å²) in [5.74, 6) is -0.512. The fourth-order valence-electron chi connectivity index (χ4n) is 2.13. The van der Waals surface area contributed by atoms with Gasteiger partial charge in [0.1, 0.15) is 5.82 Å². The van der Waals surface area contributed by atoms with E-state index in [1.807, 2.05) is 0 Å². The fourth-order valence-corrected chi connectivity index (χ4v) is 3.18. The lowest BCUT2D eigenvalue weighted by atomic mass is 10.3. The van der Waals surface area contributed by atoms with Gasteiger partial charge < -0.3 is 4.98 Å². The molecule has 8 heteroatoms. The number of aromatic nitrogens is 2. The molecule has 1 aromatic heterocycles. The van der Waals surface area contributed by atoms with Gasteiger partial charge in [-0.15, -0.1) is 0 Å². The standard InChI is InChI=1S/C14H12FN3O3S/c1-18-13-7-4-10(8-12(13)16-14(18)19)17-22(20,21)11-5-2-9(15)3-6-11/h2-8,17H,1H3,(H,16,19). The summed E-state index contributed by atoms with van der Waals surface area (Å²) in [6.45, 7) is 0. The molecule has 3 rings (SSSR count). The molecule has 2 aromatic carbocycles. The molecule has 0 radical (unpaired) electrons. The molecule has 3 aromatic rings. The molecule has 0 saturated heterocycles. The first-order chi connectivity index (χ1) is 10.4. The molecular weight excluding hydrogens is 309 g/mol. The molecule has 0 spiro atoms. The highest BCUT2D eigenvalue weighted by atomic mass is 32.2. The number of benzene rings is 2. The Morgan fingerprint density at radius 1 is 1.14 bits per heavy atom. The van der Waals surface area contributed by atoms with Crippen LogP contribution in [0.1, 0.15) is 0 Å². The molecular formula is C14H12FN3O3S. The molecule has 0 bridgehead atoms. The van der Waals surface area contributed by atoms with Crippen molar-refractivity contribution in [1.29, 1.82) is 0 Å². The molecule has 0 unspecified atom stereocenters. The number of hydrogen-bond donors (Lipinski definition) is 2. The van der Waals surface area contributed by atoms with Crippen molar-refractivity contribution in [3.8, 4) is 0 Å². The van der Waals surface area contributed by atoms with Crippen molar-refractivity contribution in [2.45, 2.75) is 4.90 Å². The number of imidazole rings is 1. The van der Waals surface area contributed by atoms with Crippen LogP contribution in [0.5, 0.6) is 0 Å². The summed E-state index contributed by atoms with van der Waals surface area (Å²) in [4.78, 5) is 14.1. The number of fused-ring (bicyclic) bond motifs is 1. The van der Waals surface area contributed by atoms with Gasteiger partial charge in [-0.1, -0.05) is 0 Å². The molecule has 22 heavy (non-hydrogen) atoms. The van der Waals surface area contributed by atoms with Gasteiger partial charge in [-0.3, -0.25) is 9.29 Å². The van der Waals surface area contributed by atoms with E-state index in [4.69, 9.17) is 0 Å². The zero-order chi connectivity index (χ0) is 15.9. The minimum absolute atomic E-state index is 0.0458. The van der Waals surface area contributed by atoms with E-state index in [0.29, 0.717) is 16.7 Å². The quantitative estimate of drug-likeness (QED) is 0.771. The maximum Gasteiger partial charge on any atom is 0.326 e. The maximum absolute atomic E-state index is 12.9. The Morgan fingerprint density at radius 3 is 2.50 bits per heavy atom. The van der Waals surface area contributed by atoms with E-state index in [9.17, 15) is 17.6 Å². The largest absolute Gasteiger partial charge is 0.326 e. The van der Waals surface area contributed by atoms with E-state index in [-0.39, 0.29) is 10.6 Å². The third kappa shape index (κ3) is 2.48. The van der Waals surface area contributed by atoms with Crippen molar-refractivity contribution in [3.63, 3.8) is 0 Å². The third-order valence-corrected chi connectivity index (χ3v) is 4.68. The van der Waals surface area contributed by atoms with E-state index in [0.717, 1.165) is 12.1 Å². The van der Waals surface area contributed by atoms with Crippen molar-refractivity contribution in [3.05, 3.63) is 58.8 Å². The summed E-state index contributed by atoms with van der Waals surface area (Å²) in [7, 11) is -2.20. The van der Waals surface area contributed by atoms with Gasteiger partial charge in [0, 0.05) is 7.05 Å². The third-order valence-electron chi connectivity index (χ3n) is 3.28.